The predicted octanol–water partition coefficient (Wildman–Crippen LogP) is 1.42. The van der Waals surface area contributed by atoms with E-state index >= 15 is 0 Å². The Morgan fingerprint density at radius 1 is 1.37 bits per heavy atom. The first kappa shape index (κ1) is 13.9. The predicted molar refractivity (Wildman–Crippen MR) is 68.7 cm³/mol. The molecule has 0 heterocycles. The molecule has 6 heteroatoms. The van der Waals surface area contributed by atoms with E-state index in [9.17, 15) is 13.2 Å². The molecule has 1 saturated carbocycles. The molecule has 1 fully saturated rings. The summed E-state index contributed by atoms with van der Waals surface area (Å²) in [5.74, 6) is 0.104. The number of hydrogen-bond acceptors (Lipinski definition) is 5. The molecule has 0 amide bonds. The van der Waals surface area contributed by atoms with E-state index in [1.807, 2.05) is 0 Å². The quantitative estimate of drug-likeness (QED) is 0.765. The van der Waals surface area contributed by atoms with Crippen molar-refractivity contribution in [3.8, 4) is 5.75 Å². The lowest BCUT2D eigenvalue weighted by molar-refractivity contribution is -0.149. The van der Waals surface area contributed by atoms with Crippen LogP contribution in [-0.4, -0.2) is 33.9 Å². The van der Waals surface area contributed by atoms with E-state index < -0.39 is 21.9 Å². The standard InChI is InChI=1S/C13H16O5S/c1-17-13(14)12(9-6-7-9)18-10-4-3-5-11(8-10)19(2,15)16/h3-5,8-9,12H,6-7H2,1-2H3. The van der Waals surface area contributed by atoms with Crippen LogP contribution in [-0.2, 0) is 19.4 Å². The molecule has 104 valence electrons. The summed E-state index contributed by atoms with van der Waals surface area (Å²) in [5.41, 5.74) is 0. The lowest BCUT2D eigenvalue weighted by Crippen LogP contribution is -2.30. The number of carbonyl (C=O) groups is 1. The maximum Gasteiger partial charge on any atom is 0.347 e. The van der Waals surface area contributed by atoms with Crippen LogP contribution in [0.4, 0.5) is 0 Å². The number of methoxy groups -OCH3 is 1. The highest BCUT2D eigenvalue weighted by molar-refractivity contribution is 7.90. The second-order valence-electron chi connectivity index (χ2n) is 4.65. The van der Waals surface area contributed by atoms with Gasteiger partial charge in [0.2, 0.25) is 0 Å². The van der Waals surface area contributed by atoms with E-state index in [4.69, 9.17) is 9.47 Å². The third-order valence-electron chi connectivity index (χ3n) is 2.98. The SMILES string of the molecule is COC(=O)C(Oc1cccc(S(C)(=O)=O)c1)C1CC1. The summed E-state index contributed by atoms with van der Waals surface area (Å²) in [4.78, 5) is 11.8. The highest BCUT2D eigenvalue weighted by Gasteiger charge is 2.39. The summed E-state index contributed by atoms with van der Waals surface area (Å²) >= 11 is 0. The van der Waals surface area contributed by atoms with Crippen molar-refractivity contribution in [1.82, 2.24) is 0 Å². The van der Waals surface area contributed by atoms with Gasteiger partial charge in [0, 0.05) is 12.2 Å². The Hall–Kier alpha value is -1.56. The van der Waals surface area contributed by atoms with E-state index in [1.54, 1.807) is 12.1 Å². The average Bonchev–Trinajstić information content (AvgIpc) is 3.18. The number of benzene rings is 1. The first-order valence-corrected chi connectivity index (χ1v) is 7.85. The fraction of sp³-hybridized carbons (Fsp3) is 0.462. The molecule has 1 atom stereocenters. The van der Waals surface area contributed by atoms with Crippen molar-refractivity contribution in [2.24, 2.45) is 5.92 Å². The van der Waals surface area contributed by atoms with Gasteiger partial charge in [-0.2, -0.15) is 0 Å². The van der Waals surface area contributed by atoms with Crippen molar-refractivity contribution in [2.75, 3.05) is 13.4 Å². The molecule has 0 radical (unpaired) electrons. The van der Waals surface area contributed by atoms with Gasteiger partial charge in [0.15, 0.2) is 15.9 Å². The van der Waals surface area contributed by atoms with Crippen LogP contribution in [0.1, 0.15) is 12.8 Å². The van der Waals surface area contributed by atoms with Gasteiger partial charge < -0.3 is 9.47 Å². The van der Waals surface area contributed by atoms with Gasteiger partial charge in [0.1, 0.15) is 5.75 Å². The number of esters is 1. The molecule has 19 heavy (non-hydrogen) atoms. The topological polar surface area (TPSA) is 69.7 Å². The Morgan fingerprint density at radius 2 is 2.05 bits per heavy atom. The largest absolute Gasteiger partial charge is 0.478 e. The van der Waals surface area contributed by atoms with Gasteiger partial charge in [-0.25, -0.2) is 13.2 Å². The van der Waals surface area contributed by atoms with E-state index in [0.29, 0.717) is 5.75 Å². The number of sulfone groups is 1. The minimum Gasteiger partial charge on any atom is -0.478 e. The van der Waals surface area contributed by atoms with Crippen LogP contribution < -0.4 is 4.74 Å². The minimum absolute atomic E-state index is 0.161. The second kappa shape index (κ2) is 5.21. The summed E-state index contributed by atoms with van der Waals surface area (Å²) < 4.78 is 33.2. The van der Waals surface area contributed by atoms with Crippen LogP contribution in [0.25, 0.3) is 0 Å². The maximum atomic E-state index is 11.6. The number of rotatable bonds is 5. The van der Waals surface area contributed by atoms with Crippen molar-refractivity contribution in [3.63, 3.8) is 0 Å². The van der Waals surface area contributed by atoms with Gasteiger partial charge in [0.25, 0.3) is 0 Å². The van der Waals surface area contributed by atoms with Crippen LogP contribution in [0.15, 0.2) is 29.2 Å². The molecule has 0 spiro atoms. The van der Waals surface area contributed by atoms with Crippen molar-refractivity contribution >= 4 is 15.8 Å². The van der Waals surface area contributed by atoms with Crippen LogP contribution in [0.2, 0.25) is 0 Å². The lowest BCUT2D eigenvalue weighted by atomic mass is 10.2. The second-order valence-corrected chi connectivity index (χ2v) is 6.66. The molecule has 1 aromatic rings. The van der Waals surface area contributed by atoms with Gasteiger partial charge in [0.05, 0.1) is 12.0 Å². The molecule has 2 rings (SSSR count). The Labute approximate surface area is 112 Å². The van der Waals surface area contributed by atoms with Crippen LogP contribution in [0.3, 0.4) is 0 Å². The Morgan fingerprint density at radius 3 is 2.58 bits per heavy atom. The third-order valence-corrected chi connectivity index (χ3v) is 4.09. The summed E-state index contributed by atoms with van der Waals surface area (Å²) in [6, 6.07) is 6.14. The molecule has 1 aliphatic rings. The Bertz CT molecular complexity index is 574. The van der Waals surface area contributed by atoms with Crippen molar-refractivity contribution in [1.29, 1.82) is 0 Å². The number of carbonyl (C=O) groups excluding carboxylic acids is 1. The highest BCUT2D eigenvalue weighted by atomic mass is 32.2. The highest BCUT2D eigenvalue weighted by Crippen LogP contribution is 2.35. The number of ether oxygens (including phenoxy) is 2. The molecule has 1 aromatic carbocycles. The normalized spacial score (nSPS) is 16.7. The molecule has 0 N–H and O–H groups in total. The Balaban J connectivity index is 2.20. The van der Waals surface area contributed by atoms with Gasteiger partial charge in [-0.3, -0.25) is 0 Å². The Kier molecular flexibility index (Phi) is 3.80. The molecule has 1 aliphatic carbocycles. The van der Waals surface area contributed by atoms with E-state index in [1.165, 1.54) is 19.2 Å². The van der Waals surface area contributed by atoms with Crippen molar-refractivity contribution in [3.05, 3.63) is 24.3 Å². The summed E-state index contributed by atoms with van der Waals surface area (Å²) in [6.07, 6.45) is 2.32. The first-order chi connectivity index (χ1) is 8.91. The zero-order valence-electron chi connectivity index (χ0n) is 10.8. The lowest BCUT2D eigenvalue weighted by Gasteiger charge is -2.16. The maximum absolute atomic E-state index is 11.6. The van der Waals surface area contributed by atoms with Crippen LogP contribution in [0, 0.1) is 5.92 Å². The smallest absolute Gasteiger partial charge is 0.347 e. The molecule has 0 aromatic heterocycles. The molecule has 0 bridgehead atoms. The van der Waals surface area contributed by atoms with Gasteiger partial charge in [-0.1, -0.05) is 6.07 Å². The molecule has 0 saturated heterocycles. The zero-order chi connectivity index (χ0) is 14.0. The fourth-order valence-corrected chi connectivity index (χ4v) is 2.43. The van der Waals surface area contributed by atoms with E-state index in [2.05, 4.69) is 0 Å². The average molecular weight is 284 g/mol. The molecular formula is C13H16O5S. The zero-order valence-corrected chi connectivity index (χ0v) is 11.6. The number of hydrogen-bond donors (Lipinski definition) is 0. The van der Waals surface area contributed by atoms with Crippen molar-refractivity contribution < 1.29 is 22.7 Å². The molecule has 1 unspecified atom stereocenters. The fourth-order valence-electron chi connectivity index (χ4n) is 1.78. The monoisotopic (exact) mass is 284 g/mol. The van der Waals surface area contributed by atoms with E-state index in [0.717, 1.165) is 19.1 Å². The summed E-state index contributed by atoms with van der Waals surface area (Å²) in [7, 11) is -1.97. The summed E-state index contributed by atoms with van der Waals surface area (Å²) in [6.45, 7) is 0. The minimum atomic E-state index is -3.29. The van der Waals surface area contributed by atoms with Crippen LogP contribution in [0.5, 0.6) is 5.75 Å². The van der Waals surface area contributed by atoms with Gasteiger partial charge in [-0.15, -0.1) is 0 Å². The van der Waals surface area contributed by atoms with Gasteiger partial charge >= 0.3 is 5.97 Å². The van der Waals surface area contributed by atoms with Gasteiger partial charge in [-0.05, 0) is 31.0 Å². The van der Waals surface area contributed by atoms with E-state index in [-0.39, 0.29) is 10.8 Å². The summed E-state index contributed by atoms with van der Waals surface area (Å²) in [5, 5.41) is 0. The third kappa shape index (κ3) is 3.47. The molecular weight excluding hydrogens is 268 g/mol. The van der Waals surface area contributed by atoms with Crippen molar-refractivity contribution in [2.45, 2.75) is 23.8 Å². The molecule has 0 aliphatic heterocycles. The first-order valence-electron chi connectivity index (χ1n) is 5.96. The molecule has 5 nitrogen and oxygen atoms in total. The van der Waals surface area contributed by atoms with Crippen LogP contribution >= 0.6 is 0 Å².